The van der Waals surface area contributed by atoms with Crippen LogP contribution in [0.25, 0.3) is 0 Å². The van der Waals surface area contributed by atoms with E-state index >= 15 is 0 Å². The summed E-state index contributed by atoms with van der Waals surface area (Å²) in [6, 6.07) is 17.3. The molecule has 2 aromatic rings. The maximum absolute atomic E-state index is 12.3. The van der Waals surface area contributed by atoms with E-state index in [0.29, 0.717) is 12.2 Å². The SMILES string of the molecule is CC(C)C(=O)Nc1ccc(NC(=O)NCC2(c3ccccc3)CCC2)cc1. The molecule has 0 aliphatic heterocycles. The molecule has 27 heavy (non-hydrogen) atoms. The molecule has 1 aliphatic carbocycles. The van der Waals surface area contributed by atoms with E-state index in [1.165, 1.54) is 12.0 Å². The molecule has 0 saturated heterocycles. The average molecular weight is 365 g/mol. The predicted octanol–water partition coefficient (Wildman–Crippen LogP) is 4.52. The average Bonchev–Trinajstić information content (AvgIpc) is 2.63. The summed E-state index contributed by atoms with van der Waals surface area (Å²) in [6.45, 7) is 4.32. The first-order valence-corrected chi connectivity index (χ1v) is 9.50. The van der Waals surface area contributed by atoms with Crippen molar-refractivity contribution in [1.29, 1.82) is 0 Å². The Hall–Kier alpha value is -2.82. The molecule has 1 saturated carbocycles. The third-order valence-corrected chi connectivity index (χ3v) is 5.22. The Morgan fingerprint density at radius 1 is 0.926 bits per heavy atom. The van der Waals surface area contributed by atoms with Gasteiger partial charge in [0, 0.05) is 29.3 Å². The quantitative estimate of drug-likeness (QED) is 0.704. The van der Waals surface area contributed by atoms with Crippen LogP contribution in [0.2, 0.25) is 0 Å². The van der Waals surface area contributed by atoms with Gasteiger partial charge < -0.3 is 16.0 Å². The maximum Gasteiger partial charge on any atom is 0.319 e. The zero-order chi connectivity index (χ0) is 19.3. The smallest absolute Gasteiger partial charge is 0.319 e. The van der Waals surface area contributed by atoms with Crippen LogP contribution in [-0.4, -0.2) is 18.5 Å². The van der Waals surface area contributed by atoms with Gasteiger partial charge in [0.1, 0.15) is 0 Å². The highest BCUT2D eigenvalue weighted by atomic mass is 16.2. The van der Waals surface area contributed by atoms with E-state index in [2.05, 4.69) is 40.2 Å². The molecule has 3 N–H and O–H groups in total. The van der Waals surface area contributed by atoms with E-state index in [1.807, 2.05) is 19.9 Å². The molecule has 1 aliphatic rings. The van der Waals surface area contributed by atoms with Crippen molar-refractivity contribution in [3.8, 4) is 0 Å². The van der Waals surface area contributed by atoms with Gasteiger partial charge in [-0.2, -0.15) is 0 Å². The summed E-state index contributed by atoms with van der Waals surface area (Å²) in [4.78, 5) is 24.0. The summed E-state index contributed by atoms with van der Waals surface area (Å²) >= 11 is 0. The molecule has 0 unspecified atom stereocenters. The van der Waals surface area contributed by atoms with Crippen LogP contribution in [0.3, 0.4) is 0 Å². The lowest BCUT2D eigenvalue weighted by Gasteiger charge is -2.42. The van der Waals surface area contributed by atoms with E-state index in [-0.39, 0.29) is 23.3 Å². The van der Waals surface area contributed by atoms with Crippen molar-refractivity contribution in [2.75, 3.05) is 17.2 Å². The standard InChI is InChI=1S/C22H27N3O2/c1-16(2)20(26)24-18-9-11-19(12-10-18)25-21(27)23-15-22(13-6-14-22)17-7-4-3-5-8-17/h3-5,7-12,16H,6,13-15H2,1-2H3,(H,24,26)(H2,23,25,27). The van der Waals surface area contributed by atoms with Crippen LogP contribution in [0.15, 0.2) is 54.6 Å². The van der Waals surface area contributed by atoms with Crippen LogP contribution < -0.4 is 16.0 Å². The van der Waals surface area contributed by atoms with Crippen molar-refractivity contribution in [1.82, 2.24) is 5.32 Å². The van der Waals surface area contributed by atoms with Crippen LogP contribution in [0.1, 0.15) is 38.7 Å². The number of urea groups is 1. The Balaban J connectivity index is 1.53. The summed E-state index contributed by atoms with van der Waals surface area (Å²) in [6.07, 6.45) is 3.39. The fourth-order valence-corrected chi connectivity index (χ4v) is 3.31. The summed E-state index contributed by atoms with van der Waals surface area (Å²) in [5.41, 5.74) is 2.76. The molecular weight excluding hydrogens is 338 g/mol. The molecule has 0 radical (unpaired) electrons. The zero-order valence-corrected chi connectivity index (χ0v) is 15.9. The summed E-state index contributed by atoms with van der Waals surface area (Å²) < 4.78 is 0. The lowest BCUT2D eigenvalue weighted by atomic mass is 9.64. The van der Waals surface area contributed by atoms with Gasteiger partial charge in [0.25, 0.3) is 0 Å². The molecule has 1 fully saturated rings. The van der Waals surface area contributed by atoms with Crippen LogP contribution in [0.5, 0.6) is 0 Å². The van der Waals surface area contributed by atoms with Gasteiger partial charge in [-0.3, -0.25) is 4.79 Å². The lowest BCUT2D eigenvalue weighted by Crippen LogP contribution is -2.46. The second kappa shape index (κ2) is 8.25. The van der Waals surface area contributed by atoms with Crippen LogP contribution in [-0.2, 0) is 10.2 Å². The van der Waals surface area contributed by atoms with E-state index in [0.717, 1.165) is 18.5 Å². The first-order chi connectivity index (χ1) is 13.0. The minimum absolute atomic E-state index is 0.0276. The molecule has 0 aromatic heterocycles. The van der Waals surface area contributed by atoms with Gasteiger partial charge in [-0.15, -0.1) is 0 Å². The molecule has 2 aromatic carbocycles. The molecule has 142 valence electrons. The Kier molecular flexibility index (Phi) is 5.79. The molecule has 3 amide bonds. The van der Waals surface area contributed by atoms with Gasteiger partial charge >= 0.3 is 6.03 Å². The van der Waals surface area contributed by atoms with Crippen LogP contribution in [0.4, 0.5) is 16.2 Å². The van der Waals surface area contributed by atoms with Crippen molar-refractivity contribution in [2.24, 2.45) is 5.92 Å². The summed E-state index contributed by atoms with van der Waals surface area (Å²) in [5, 5.41) is 8.70. The molecule has 5 heteroatoms. The highest BCUT2D eigenvalue weighted by molar-refractivity contribution is 5.93. The second-order valence-electron chi connectivity index (χ2n) is 7.53. The first kappa shape index (κ1) is 19.0. The van der Waals surface area contributed by atoms with E-state index in [1.54, 1.807) is 24.3 Å². The molecule has 0 atom stereocenters. The molecule has 0 bridgehead atoms. The lowest BCUT2D eigenvalue weighted by molar-refractivity contribution is -0.118. The van der Waals surface area contributed by atoms with Gasteiger partial charge in [0.2, 0.25) is 5.91 Å². The number of carbonyl (C=O) groups is 2. The fraction of sp³-hybridized carbons (Fsp3) is 0.364. The third kappa shape index (κ3) is 4.67. The van der Waals surface area contributed by atoms with Crippen molar-refractivity contribution in [3.63, 3.8) is 0 Å². The Labute approximate surface area is 160 Å². The minimum atomic E-state index is -0.212. The van der Waals surface area contributed by atoms with E-state index in [9.17, 15) is 9.59 Å². The van der Waals surface area contributed by atoms with Gasteiger partial charge in [0.05, 0.1) is 0 Å². The molecule has 5 nitrogen and oxygen atoms in total. The van der Waals surface area contributed by atoms with Crippen molar-refractivity contribution < 1.29 is 9.59 Å². The zero-order valence-electron chi connectivity index (χ0n) is 15.9. The van der Waals surface area contributed by atoms with Crippen LogP contribution in [0, 0.1) is 5.92 Å². The van der Waals surface area contributed by atoms with Gasteiger partial charge in [0.15, 0.2) is 0 Å². The molecule has 0 heterocycles. The van der Waals surface area contributed by atoms with Crippen molar-refractivity contribution in [2.45, 2.75) is 38.5 Å². The highest BCUT2D eigenvalue weighted by Crippen LogP contribution is 2.43. The van der Waals surface area contributed by atoms with E-state index in [4.69, 9.17) is 0 Å². The van der Waals surface area contributed by atoms with E-state index < -0.39 is 0 Å². The highest BCUT2D eigenvalue weighted by Gasteiger charge is 2.38. The number of carbonyl (C=O) groups excluding carboxylic acids is 2. The van der Waals surface area contributed by atoms with Crippen molar-refractivity contribution >= 4 is 23.3 Å². The number of nitrogens with one attached hydrogen (secondary N) is 3. The Morgan fingerprint density at radius 3 is 2.04 bits per heavy atom. The Bertz CT molecular complexity index is 781. The number of amides is 3. The predicted molar refractivity (Wildman–Crippen MR) is 109 cm³/mol. The van der Waals surface area contributed by atoms with Gasteiger partial charge in [-0.05, 0) is 42.7 Å². The van der Waals surface area contributed by atoms with Crippen molar-refractivity contribution in [3.05, 3.63) is 60.2 Å². The second-order valence-corrected chi connectivity index (χ2v) is 7.53. The monoisotopic (exact) mass is 365 g/mol. The topological polar surface area (TPSA) is 70.2 Å². The first-order valence-electron chi connectivity index (χ1n) is 9.50. The molecule has 3 rings (SSSR count). The minimum Gasteiger partial charge on any atom is -0.337 e. The number of hydrogen-bond acceptors (Lipinski definition) is 2. The maximum atomic E-state index is 12.3. The third-order valence-electron chi connectivity index (χ3n) is 5.22. The Morgan fingerprint density at radius 2 is 1.52 bits per heavy atom. The molecular formula is C22H27N3O2. The normalized spacial score (nSPS) is 14.9. The number of hydrogen-bond donors (Lipinski definition) is 3. The number of benzene rings is 2. The number of rotatable bonds is 6. The number of anilines is 2. The fourth-order valence-electron chi connectivity index (χ4n) is 3.31. The van der Waals surface area contributed by atoms with Gasteiger partial charge in [-0.1, -0.05) is 50.6 Å². The summed E-state index contributed by atoms with van der Waals surface area (Å²) in [5.74, 6) is -0.0998. The van der Waals surface area contributed by atoms with Gasteiger partial charge in [-0.25, -0.2) is 4.79 Å². The largest absolute Gasteiger partial charge is 0.337 e. The molecule has 0 spiro atoms. The van der Waals surface area contributed by atoms with Crippen LogP contribution >= 0.6 is 0 Å². The summed E-state index contributed by atoms with van der Waals surface area (Å²) in [7, 11) is 0.